The van der Waals surface area contributed by atoms with Crippen LogP contribution in [0.25, 0.3) is 22.5 Å². The Kier molecular flexibility index (Phi) is 9.86. The molecule has 0 radical (unpaired) electrons. The Balaban J connectivity index is 1.30. The molecule has 228 valence electrons. The van der Waals surface area contributed by atoms with Gasteiger partial charge in [0.2, 0.25) is 17.6 Å². The third kappa shape index (κ3) is 7.78. The van der Waals surface area contributed by atoms with E-state index in [0.717, 1.165) is 42.4 Å². The van der Waals surface area contributed by atoms with E-state index in [1.165, 1.54) is 19.1 Å². The van der Waals surface area contributed by atoms with Gasteiger partial charge in [0.25, 0.3) is 0 Å². The maximum absolute atomic E-state index is 14.5. The molecule has 0 spiro atoms. The van der Waals surface area contributed by atoms with Gasteiger partial charge in [0.15, 0.2) is 0 Å². The van der Waals surface area contributed by atoms with Gasteiger partial charge in [0.1, 0.15) is 11.6 Å². The molecular formula is C33H36FN7O3. The Hall–Kier alpha value is -4.77. The molecule has 1 atom stereocenters. The number of H-pyrrole nitrogens is 1. The van der Waals surface area contributed by atoms with E-state index >= 15 is 0 Å². The number of aromatic nitrogens is 4. The number of anilines is 2. The number of Topliss-reactive ketones (excluding diaryl/α,β-unsaturated/α-hetero) is 1. The largest absolute Gasteiger partial charge is 0.330 e. The molecule has 11 heteroatoms. The fourth-order valence-electron chi connectivity index (χ4n) is 5.72. The molecule has 1 aliphatic carbocycles. The molecule has 44 heavy (non-hydrogen) atoms. The molecule has 4 aromatic rings. The van der Waals surface area contributed by atoms with Crippen LogP contribution in [0.2, 0.25) is 0 Å². The van der Waals surface area contributed by atoms with E-state index in [0.29, 0.717) is 36.0 Å². The monoisotopic (exact) mass is 597 g/mol. The summed E-state index contributed by atoms with van der Waals surface area (Å²) >= 11 is 0. The molecule has 1 aromatic heterocycles. The number of nitrogens with one attached hydrogen (secondary N) is 3. The maximum Gasteiger partial charge on any atom is 0.228 e. The number of aromatic amines is 1. The third-order valence-corrected chi connectivity index (χ3v) is 8.26. The highest BCUT2D eigenvalue weighted by Crippen LogP contribution is 2.31. The quantitative estimate of drug-likeness (QED) is 0.186. The van der Waals surface area contributed by atoms with Crippen LogP contribution < -0.4 is 16.4 Å². The molecule has 1 heterocycles. The third-order valence-electron chi connectivity index (χ3n) is 8.26. The SMILES string of the molecule is CC(=O)Nc1ccc(-c2ccc(C[C@H](CC(=O)C3CCC(CN)CC3)C(=O)Nc3ccc(-c4nn[nH]n4)cc3)cc2)cc1F. The topological polar surface area (TPSA) is 156 Å². The zero-order chi connectivity index (χ0) is 31.1. The van der Waals surface area contributed by atoms with Crippen molar-refractivity contribution in [3.63, 3.8) is 0 Å². The Morgan fingerprint density at radius 3 is 2.23 bits per heavy atom. The lowest BCUT2D eigenvalue weighted by molar-refractivity contribution is -0.129. The average molecular weight is 598 g/mol. The summed E-state index contributed by atoms with van der Waals surface area (Å²) in [4.78, 5) is 38.3. The van der Waals surface area contributed by atoms with E-state index in [9.17, 15) is 18.8 Å². The highest BCUT2D eigenvalue weighted by molar-refractivity contribution is 5.96. The summed E-state index contributed by atoms with van der Waals surface area (Å²) in [6.45, 7) is 1.97. The van der Waals surface area contributed by atoms with Crippen LogP contribution in [0.15, 0.2) is 66.7 Å². The van der Waals surface area contributed by atoms with Crippen LogP contribution in [0.4, 0.5) is 15.8 Å². The molecule has 1 fully saturated rings. The molecule has 5 rings (SSSR count). The number of rotatable bonds is 11. The Labute approximate surface area is 255 Å². The number of carbonyl (C=O) groups is 3. The molecule has 5 N–H and O–H groups in total. The lowest BCUT2D eigenvalue weighted by Gasteiger charge is -2.27. The van der Waals surface area contributed by atoms with Crippen LogP contribution >= 0.6 is 0 Å². The number of tetrazole rings is 1. The van der Waals surface area contributed by atoms with Gasteiger partial charge in [-0.2, -0.15) is 5.21 Å². The fourth-order valence-corrected chi connectivity index (χ4v) is 5.72. The highest BCUT2D eigenvalue weighted by Gasteiger charge is 2.30. The molecule has 0 unspecified atom stereocenters. The Bertz CT molecular complexity index is 1580. The number of amides is 2. The number of nitrogens with two attached hydrogens (primary N) is 1. The van der Waals surface area contributed by atoms with Crippen LogP contribution in [0, 0.1) is 23.6 Å². The summed E-state index contributed by atoms with van der Waals surface area (Å²) < 4.78 is 14.5. The van der Waals surface area contributed by atoms with Crippen molar-refractivity contribution in [2.24, 2.45) is 23.5 Å². The van der Waals surface area contributed by atoms with Crippen molar-refractivity contribution in [1.82, 2.24) is 20.6 Å². The van der Waals surface area contributed by atoms with E-state index in [1.807, 2.05) is 24.3 Å². The summed E-state index contributed by atoms with van der Waals surface area (Å²) in [6, 6.07) is 19.3. The molecule has 0 bridgehead atoms. The number of nitrogens with zero attached hydrogens (tertiary/aromatic N) is 3. The predicted molar refractivity (Wildman–Crippen MR) is 166 cm³/mol. The van der Waals surface area contributed by atoms with Crippen LogP contribution in [0.1, 0.15) is 44.6 Å². The van der Waals surface area contributed by atoms with Crippen LogP contribution in [0.5, 0.6) is 0 Å². The maximum atomic E-state index is 14.5. The van der Waals surface area contributed by atoms with E-state index in [1.54, 1.807) is 30.3 Å². The first-order valence-corrected chi connectivity index (χ1v) is 14.8. The lowest BCUT2D eigenvalue weighted by atomic mass is 9.77. The van der Waals surface area contributed by atoms with Crippen molar-refractivity contribution in [1.29, 1.82) is 0 Å². The molecule has 1 saturated carbocycles. The standard InChI is InChI=1S/C33H36FN7O3/c1-20(42)36-30-15-12-26(17-29(30)34)23-6-2-21(3-7-23)16-27(18-31(43)24-8-4-22(19-35)5-9-24)33(44)37-28-13-10-25(11-14-28)32-38-40-41-39-32/h2-3,6-7,10-15,17,22,24,27H,4-5,8-9,16,18-19,35H2,1H3,(H,36,42)(H,37,44)(H,38,39,40,41)/t22?,24?,27-/m1/s1. The first-order valence-electron chi connectivity index (χ1n) is 14.8. The summed E-state index contributed by atoms with van der Waals surface area (Å²) in [5, 5.41) is 19.4. The minimum absolute atomic E-state index is 0.0555. The molecule has 1 aliphatic rings. The van der Waals surface area contributed by atoms with Crippen LogP contribution in [-0.4, -0.2) is 44.8 Å². The van der Waals surface area contributed by atoms with Gasteiger partial charge in [-0.25, -0.2) is 4.39 Å². The Morgan fingerprint density at radius 2 is 1.61 bits per heavy atom. The van der Waals surface area contributed by atoms with Gasteiger partial charge in [0.05, 0.1) is 5.69 Å². The lowest BCUT2D eigenvalue weighted by Crippen LogP contribution is -2.31. The van der Waals surface area contributed by atoms with Gasteiger partial charge in [-0.15, -0.1) is 10.2 Å². The number of benzene rings is 3. The predicted octanol–water partition coefficient (Wildman–Crippen LogP) is 5.15. The van der Waals surface area contributed by atoms with Crippen molar-refractivity contribution in [3.8, 4) is 22.5 Å². The number of hydrogen-bond acceptors (Lipinski definition) is 7. The number of ketones is 1. The zero-order valence-electron chi connectivity index (χ0n) is 24.6. The summed E-state index contributed by atoms with van der Waals surface area (Å²) in [7, 11) is 0. The summed E-state index contributed by atoms with van der Waals surface area (Å²) in [6.07, 6.45) is 3.99. The second-order valence-corrected chi connectivity index (χ2v) is 11.4. The zero-order valence-corrected chi connectivity index (χ0v) is 24.6. The number of hydrogen-bond donors (Lipinski definition) is 4. The normalized spacial score (nSPS) is 17.1. The molecule has 10 nitrogen and oxygen atoms in total. The summed E-state index contributed by atoms with van der Waals surface area (Å²) in [5.41, 5.74) is 9.64. The van der Waals surface area contributed by atoms with Gasteiger partial charge in [-0.1, -0.05) is 30.3 Å². The van der Waals surface area contributed by atoms with Gasteiger partial charge in [-0.3, -0.25) is 14.4 Å². The van der Waals surface area contributed by atoms with E-state index in [-0.39, 0.29) is 35.6 Å². The second-order valence-electron chi connectivity index (χ2n) is 11.4. The summed E-state index contributed by atoms with van der Waals surface area (Å²) in [5.74, 6) is -0.717. The van der Waals surface area contributed by atoms with E-state index in [2.05, 4.69) is 31.3 Å². The van der Waals surface area contributed by atoms with E-state index < -0.39 is 11.7 Å². The van der Waals surface area contributed by atoms with Crippen LogP contribution in [-0.2, 0) is 20.8 Å². The second kappa shape index (κ2) is 14.1. The first kappa shape index (κ1) is 30.7. The van der Waals surface area contributed by atoms with Crippen molar-refractivity contribution in [3.05, 3.63) is 78.1 Å². The smallest absolute Gasteiger partial charge is 0.228 e. The van der Waals surface area contributed by atoms with Crippen molar-refractivity contribution in [2.45, 2.75) is 45.4 Å². The average Bonchev–Trinajstić information content (AvgIpc) is 3.57. The minimum atomic E-state index is -0.577. The van der Waals surface area contributed by atoms with Gasteiger partial charge in [0, 0.05) is 36.4 Å². The van der Waals surface area contributed by atoms with E-state index in [4.69, 9.17) is 5.73 Å². The molecule has 0 saturated heterocycles. The minimum Gasteiger partial charge on any atom is -0.330 e. The fraction of sp³-hybridized carbons (Fsp3) is 0.333. The van der Waals surface area contributed by atoms with Gasteiger partial charge < -0.3 is 16.4 Å². The number of halogens is 1. The molecular weight excluding hydrogens is 561 g/mol. The molecule has 2 amide bonds. The van der Waals surface area contributed by atoms with Gasteiger partial charge >= 0.3 is 0 Å². The first-order chi connectivity index (χ1) is 21.3. The Morgan fingerprint density at radius 1 is 0.932 bits per heavy atom. The van der Waals surface area contributed by atoms with Crippen molar-refractivity contribution >= 4 is 29.0 Å². The molecule has 0 aliphatic heterocycles. The van der Waals surface area contributed by atoms with Crippen molar-refractivity contribution in [2.75, 3.05) is 17.2 Å². The number of carbonyl (C=O) groups excluding carboxylic acids is 3. The molecule has 3 aromatic carbocycles. The van der Waals surface area contributed by atoms with Crippen molar-refractivity contribution < 1.29 is 18.8 Å². The highest BCUT2D eigenvalue weighted by atomic mass is 19.1. The van der Waals surface area contributed by atoms with Crippen LogP contribution in [0.3, 0.4) is 0 Å². The van der Waals surface area contributed by atoms with Gasteiger partial charge in [-0.05, 0) is 103 Å².